The maximum Gasteiger partial charge on any atom is 0.328 e. The van der Waals surface area contributed by atoms with E-state index in [4.69, 9.17) is 16.2 Å². The Kier molecular flexibility index (Phi) is 26.0. The zero-order chi connectivity index (χ0) is 39.3. The molecule has 7 N–H and O–H groups in total. The minimum Gasteiger partial charge on any atom is -0.459 e. The molecule has 0 aliphatic heterocycles. The average Bonchev–Trinajstić information content (AvgIpc) is 3.12. The lowest BCUT2D eigenvalue weighted by Crippen LogP contribution is -2.50. The molecule has 1 aromatic carbocycles. The summed E-state index contributed by atoms with van der Waals surface area (Å²) in [7, 11) is 0. The number of carbonyl (C=O) groups excluding carboxylic acids is 5. The molecule has 0 bridgehead atoms. The first kappa shape index (κ1) is 47.0. The third kappa shape index (κ3) is 23.3. The monoisotopic (exact) mass is 746 g/mol. The van der Waals surface area contributed by atoms with Gasteiger partial charge >= 0.3 is 5.97 Å². The largest absolute Gasteiger partial charge is 0.459 e. The van der Waals surface area contributed by atoms with Crippen molar-refractivity contribution in [1.29, 1.82) is 0 Å². The van der Waals surface area contributed by atoms with Crippen molar-refractivity contribution in [3.63, 3.8) is 0 Å². The smallest absolute Gasteiger partial charge is 0.328 e. The second-order valence-corrected chi connectivity index (χ2v) is 14.0. The molecule has 0 aromatic heterocycles. The Morgan fingerprint density at radius 3 is 1.85 bits per heavy atom. The van der Waals surface area contributed by atoms with E-state index in [-0.39, 0.29) is 43.0 Å². The van der Waals surface area contributed by atoms with Gasteiger partial charge in [0.15, 0.2) is 0 Å². The number of esters is 1. The van der Waals surface area contributed by atoms with Crippen molar-refractivity contribution >= 4 is 35.3 Å². The summed E-state index contributed by atoms with van der Waals surface area (Å²) in [6.07, 6.45) is 20.2. The number of nitro benzene ring substituents is 1. The highest BCUT2D eigenvalue weighted by Crippen LogP contribution is 2.19. The number of nitrogens with one attached hydrogen (secondary N) is 3. The molecule has 1 rings (SSSR count). The van der Waals surface area contributed by atoms with Crippen LogP contribution in [0.4, 0.5) is 5.69 Å². The molecule has 0 saturated heterocycles. The average molecular weight is 747 g/mol. The number of carbonyl (C=O) groups is 5. The summed E-state index contributed by atoms with van der Waals surface area (Å²) in [6.45, 7) is 3.72. The first-order valence-electron chi connectivity index (χ1n) is 19.8. The molecule has 0 saturated carbocycles. The zero-order valence-corrected chi connectivity index (χ0v) is 32.2. The second kappa shape index (κ2) is 29.4. The number of amides is 4. The van der Waals surface area contributed by atoms with Crippen LogP contribution in [-0.4, -0.2) is 59.2 Å². The fraction of sp³-hybridized carbons (Fsp3) is 0.718. The summed E-state index contributed by atoms with van der Waals surface area (Å²) < 4.78 is 5.37. The number of para-hydroxylation sites is 1. The number of benzene rings is 1. The van der Waals surface area contributed by atoms with Gasteiger partial charge in [0.2, 0.25) is 23.6 Å². The maximum atomic E-state index is 13.1. The topological polar surface area (TPSA) is 226 Å². The van der Waals surface area contributed by atoms with E-state index >= 15 is 0 Å². The summed E-state index contributed by atoms with van der Waals surface area (Å²) in [5.41, 5.74) is 10.9. The van der Waals surface area contributed by atoms with Gasteiger partial charge in [0.1, 0.15) is 18.7 Å². The Hall–Kier alpha value is -4.07. The Bertz CT molecular complexity index is 1240. The van der Waals surface area contributed by atoms with Gasteiger partial charge in [-0.05, 0) is 45.1 Å². The van der Waals surface area contributed by atoms with E-state index in [1.807, 2.05) is 0 Å². The van der Waals surface area contributed by atoms with Gasteiger partial charge < -0.3 is 32.2 Å². The lowest BCUT2D eigenvalue weighted by atomic mass is 10.0. The number of rotatable bonds is 32. The highest BCUT2D eigenvalue weighted by Gasteiger charge is 2.25. The number of hydrogen-bond donors (Lipinski definition) is 5. The predicted octanol–water partition coefficient (Wildman–Crippen LogP) is 5.77. The van der Waals surface area contributed by atoms with Crippen LogP contribution in [0.5, 0.6) is 0 Å². The molecule has 0 heterocycles. The van der Waals surface area contributed by atoms with E-state index in [9.17, 15) is 34.1 Å². The SMILES string of the molecule is CCCCCCCCCCCCCCCCCC(=O)NCCCC[C@H](NC(=O)CC[C@@H](NC(=O)[C@H](C)N)C(N)=O)C(=O)OCc1ccccc1[N+](=O)[O-]. The third-order valence-electron chi connectivity index (χ3n) is 9.16. The summed E-state index contributed by atoms with van der Waals surface area (Å²) >= 11 is 0. The van der Waals surface area contributed by atoms with E-state index in [0.717, 1.165) is 19.3 Å². The fourth-order valence-electron chi connectivity index (χ4n) is 5.89. The Labute approximate surface area is 315 Å². The maximum absolute atomic E-state index is 13.1. The summed E-state index contributed by atoms with van der Waals surface area (Å²) in [5.74, 6) is -2.84. The summed E-state index contributed by atoms with van der Waals surface area (Å²) in [4.78, 5) is 72.8. The van der Waals surface area contributed by atoms with E-state index in [1.165, 1.54) is 102 Å². The van der Waals surface area contributed by atoms with Gasteiger partial charge in [-0.25, -0.2) is 4.79 Å². The van der Waals surface area contributed by atoms with Gasteiger partial charge in [-0.1, -0.05) is 109 Å². The number of primary amides is 1. The third-order valence-corrected chi connectivity index (χ3v) is 9.16. The highest BCUT2D eigenvalue weighted by molar-refractivity contribution is 5.89. The van der Waals surface area contributed by atoms with E-state index in [1.54, 1.807) is 6.07 Å². The van der Waals surface area contributed by atoms with E-state index < -0.39 is 46.7 Å². The first-order valence-corrected chi connectivity index (χ1v) is 19.8. The van der Waals surface area contributed by atoms with Gasteiger partial charge in [0, 0.05) is 25.5 Å². The van der Waals surface area contributed by atoms with Crippen LogP contribution in [0, 0.1) is 10.1 Å². The molecule has 53 heavy (non-hydrogen) atoms. The van der Waals surface area contributed by atoms with Gasteiger partial charge in [0.05, 0.1) is 16.5 Å². The predicted molar refractivity (Wildman–Crippen MR) is 205 cm³/mol. The molecule has 0 radical (unpaired) electrons. The number of nitrogens with zero attached hydrogens (tertiary/aromatic N) is 1. The molecule has 0 fully saturated rings. The van der Waals surface area contributed by atoms with Crippen LogP contribution in [0.3, 0.4) is 0 Å². The molecule has 0 aliphatic carbocycles. The van der Waals surface area contributed by atoms with Gasteiger partial charge in [-0.15, -0.1) is 0 Å². The number of ether oxygens (including phenoxy) is 1. The van der Waals surface area contributed by atoms with Crippen LogP contribution in [0.2, 0.25) is 0 Å². The van der Waals surface area contributed by atoms with Crippen LogP contribution in [-0.2, 0) is 35.3 Å². The van der Waals surface area contributed by atoms with Crippen molar-refractivity contribution in [3.05, 3.63) is 39.9 Å². The van der Waals surface area contributed by atoms with Gasteiger partial charge in [0.25, 0.3) is 5.69 Å². The van der Waals surface area contributed by atoms with Crippen LogP contribution in [0.25, 0.3) is 0 Å². The van der Waals surface area contributed by atoms with Crippen LogP contribution < -0.4 is 27.4 Å². The van der Waals surface area contributed by atoms with E-state index in [0.29, 0.717) is 25.8 Å². The van der Waals surface area contributed by atoms with Gasteiger partial charge in [-0.3, -0.25) is 29.3 Å². The molecule has 14 nitrogen and oxygen atoms in total. The molecular formula is C39H66N6O8. The highest BCUT2D eigenvalue weighted by atomic mass is 16.6. The number of hydrogen-bond acceptors (Lipinski definition) is 9. The van der Waals surface area contributed by atoms with Crippen molar-refractivity contribution in [2.24, 2.45) is 11.5 Å². The molecule has 4 amide bonds. The van der Waals surface area contributed by atoms with Crippen molar-refractivity contribution < 1.29 is 33.6 Å². The molecule has 0 unspecified atom stereocenters. The lowest BCUT2D eigenvalue weighted by molar-refractivity contribution is -0.385. The number of nitrogens with two attached hydrogens (primary N) is 2. The van der Waals surface area contributed by atoms with Crippen molar-refractivity contribution in [2.45, 2.75) is 173 Å². The first-order chi connectivity index (χ1) is 25.5. The molecule has 0 spiro atoms. The molecule has 3 atom stereocenters. The second-order valence-electron chi connectivity index (χ2n) is 14.0. The summed E-state index contributed by atoms with van der Waals surface area (Å²) in [5, 5.41) is 19.3. The Morgan fingerprint density at radius 1 is 0.736 bits per heavy atom. The number of unbranched alkanes of at least 4 members (excludes halogenated alkanes) is 15. The Morgan fingerprint density at radius 2 is 1.30 bits per heavy atom. The quantitative estimate of drug-likeness (QED) is 0.0261. The molecule has 0 aliphatic rings. The van der Waals surface area contributed by atoms with Gasteiger partial charge in [-0.2, -0.15) is 0 Å². The normalized spacial score (nSPS) is 12.7. The molecule has 14 heteroatoms. The Balaban J connectivity index is 2.44. The molecule has 1 aromatic rings. The van der Waals surface area contributed by atoms with Crippen LogP contribution in [0.15, 0.2) is 24.3 Å². The van der Waals surface area contributed by atoms with E-state index in [2.05, 4.69) is 22.9 Å². The fourth-order valence-corrected chi connectivity index (χ4v) is 5.89. The zero-order valence-electron chi connectivity index (χ0n) is 32.2. The minimum absolute atomic E-state index is 0.0199. The van der Waals surface area contributed by atoms with Crippen molar-refractivity contribution in [2.75, 3.05) is 6.54 Å². The minimum atomic E-state index is -1.14. The lowest BCUT2D eigenvalue weighted by Gasteiger charge is -2.20. The summed E-state index contributed by atoms with van der Waals surface area (Å²) in [6, 6.07) is 2.75. The molecular weight excluding hydrogens is 680 g/mol. The van der Waals surface area contributed by atoms with Crippen molar-refractivity contribution in [3.8, 4) is 0 Å². The molecule has 300 valence electrons. The number of nitro groups is 1. The van der Waals surface area contributed by atoms with Crippen LogP contribution >= 0.6 is 0 Å². The van der Waals surface area contributed by atoms with Crippen LogP contribution in [0.1, 0.15) is 154 Å². The standard InChI is InChI=1S/C39H66N6O8/c1-3-4-5-6-7-8-9-10-11-12-13-14-15-16-17-25-35(46)42-28-21-20-23-33(39(50)53-29-31-22-18-19-24-34(31)45(51)52)43-36(47)27-26-32(37(41)48)44-38(49)30(2)40/h18-19,22,24,30,32-33H,3-17,20-21,23,25-29,40H2,1-2H3,(H2,41,48)(H,42,46)(H,43,47)(H,44,49)/t30-,32+,33-/m0/s1. The van der Waals surface area contributed by atoms with Crippen molar-refractivity contribution in [1.82, 2.24) is 16.0 Å².